The number of thiazole rings is 1. The largest absolute Gasteiger partial charge is 0.494 e. The lowest BCUT2D eigenvalue weighted by Crippen LogP contribution is -2.48. The molecule has 1 saturated heterocycles. The van der Waals surface area contributed by atoms with Crippen molar-refractivity contribution in [2.75, 3.05) is 33.4 Å². The Morgan fingerprint density at radius 1 is 1.14 bits per heavy atom. The predicted octanol–water partition coefficient (Wildman–Crippen LogP) is 3.29. The molecule has 1 aliphatic rings. The Bertz CT molecular complexity index is 1390. The zero-order valence-electron chi connectivity index (χ0n) is 20.8. The first-order valence-electron chi connectivity index (χ1n) is 11.8. The lowest BCUT2D eigenvalue weighted by molar-refractivity contribution is -0.0440. The minimum absolute atomic E-state index is 0.140. The van der Waals surface area contributed by atoms with E-state index in [0.29, 0.717) is 43.2 Å². The van der Waals surface area contributed by atoms with Crippen molar-refractivity contribution in [3.05, 3.63) is 52.8 Å². The molecular formula is C25H31N3O6S2. The number of ether oxygens (including phenoxy) is 3. The molecule has 0 N–H and O–H groups in total. The van der Waals surface area contributed by atoms with Crippen LogP contribution in [0.15, 0.2) is 52.4 Å². The van der Waals surface area contributed by atoms with Crippen LogP contribution in [0.1, 0.15) is 31.1 Å². The highest BCUT2D eigenvalue weighted by atomic mass is 32.2. The highest BCUT2D eigenvalue weighted by Crippen LogP contribution is 2.24. The Hall–Kier alpha value is -2.57. The summed E-state index contributed by atoms with van der Waals surface area (Å²) in [7, 11) is -2.07. The number of amides is 1. The maximum Gasteiger partial charge on any atom is 0.279 e. The van der Waals surface area contributed by atoms with E-state index in [1.165, 1.54) is 39.9 Å². The molecule has 9 nitrogen and oxygen atoms in total. The number of fused-ring (bicyclic) bond motifs is 1. The van der Waals surface area contributed by atoms with Gasteiger partial charge in [-0.05, 0) is 63.2 Å². The molecule has 0 aliphatic carbocycles. The van der Waals surface area contributed by atoms with Crippen LogP contribution in [-0.2, 0) is 26.0 Å². The Labute approximate surface area is 215 Å². The first-order valence-corrected chi connectivity index (χ1v) is 14.1. The maximum atomic E-state index is 13.1. The topological polar surface area (TPSA) is 99.4 Å². The van der Waals surface area contributed by atoms with Crippen LogP contribution < -0.4 is 9.54 Å². The molecule has 1 aromatic heterocycles. The summed E-state index contributed by atoms with van der Waals surface area (Å²) in [6.45, 7) is 7.77. The minimum atomic E-state index is -3.69. The SMILES string of the molecule is CCOc1ccc2c(c1)sc(=NC(=O)c1ccc(S(=O)(=O)N3C[C@@H](C)O[C@@H](C)C3)cc1)n2CCOC. The van der Waals surface area contributed by atoms with Gasteiger partial charge in [0.2, 0.25) is 10.0 Å². The smallest absolute Gasteiger partial charge is 0.279 e. The van der Waals surface area contributed by atoms with Crippen molar-refractivity contribution in [1.29, 1.82) is 0 Å². The summed E-state index contributed by atoms with van der Waals surface area (Å²) in [4.78, 5) is 18.1. The van der Waals surface area contributed by atoms with E-state index in [0.717, 1.165) is 16.0 Å². The third-order valence-electron chi connectivity index (χ3n) is 5.81. The van der Waals surface area contributed by atoms with Gasteiger partial charge >= 0.3 is 0 Å². The second kappa shape index (κ2) is 11.2. The van der Waals surface area contributed by atoms with Gasteiger partial charge in [0.05, 0.1) is 40.5 Å². The number of carbonyl (C=O) groups is 1. The van der Waals surface area contributed by atoms with Crippen LogP contribution in [0, 0.1) is 0 Å². The molecule has 194 valence electrons. The van der Waals surface area contributed by atoms with Gasteiger partial charge in [-0.15, -0.1) is 0 Å². The van der Waals surface area contributed by atoms with E-state index < -0.39 is 15.9 Å². The molecule has 0 radical (unpaired) electrons. The van der Waals surface area contributed by atoms with Crippen LogP contribution >= 0.6 is 11.3 Å². The van der Waals surface area contributed by atoms with Crippen LogP contribution in [-0.4, -0.2) is 68.8 Å². The zero-order valence-corrected chi connectivity index (χ0v) is 22.5. The molecule has 0 spiro atoms. The number of carbonyl (C=O) groups excluding carboxylic acids is 1. The first kappa shape index (κ1) is 26.5. The molecule has 0 bridgehead atoms. The summed E-state index contributed by atoms with van der Waals surface area (Å²) < 4.78 is 47.0. The molecule has 2 atom stereocenters. The third kappa shape index (κ3) is 5.70. The first-order chi connectivity index (χ1) is 17.2. The lowest BCUT2D eigenvalue weighted by Gasteiger charge is -2.34. The monoisotopic (exact) mass is 533 g/mol. The van der Waals surface area contributed by atoms with Gasteiger partial charge in [0.25, 0.3) is 5.91 Å². The highest BCUT2D eigenvalue weighted by molar-refractivity contribution is 7.89. The summed E-state index contributed by atoms with van der Waals surface area (Å²) in [6, 6.07) is 11.7. The number of hydrogen-bond acceptors (Lipinski definition) is 7. The van der Waals surface area contributed by atoms with E-state index in [2.05, 4.69) is 4.99 Å². The number of morpholine rings is 1. The van der Waals surface area contributed by atoms with E-state index in [4.69, 9.17) is 14.2 Å². The average molecular weight is 534 g/mol. The van der Waals surface area contributed by atoms with Gasteiger partial charge in [-0.3, -0.25) is 4.79 Å². The van der Waals surface area contributed by atoms with E-state index in [-0.39, 0.29) is 17.1 Å². The summed E-state index contributed by atoms with van der Waals surface area (Å²) in [5, 5.41) is 0. The van der Waals surface area contributed by atoms with E-state index in [9.17, 15) is 13.2 Å². The molecule has 4 rings (SSSR count). The van der Waals surface area contributed by atoms with Crippen molar-refractivity contribution in [2.24, 2.45) is 4.99 Å². The van der Waals surface area contributed by atoms with Crippen molar-refractivity contribution in [3.63, 3.8) is 0 Å². The van der Waals surface area contributed by atoms with Crippen LogP contribution in [0.3, 0.4) is 0 Å². The summed E-state index contributed by atoms with van der Waals surface area (Å²) in [5.74, 6) is 0.305. The fourth-order valence-corrected chi connectivity index (χ4v) is 6.86. The van der Waals surface area contributed by atoms with Crippen LogP contribution in [0.5, 0.6) is 5.75 Å². The molecule has 2 aromatic carbocycles. The van der Waals surface area contributed by atoms with Crippen LogP contribution in [0.2, 0.25) is 0 Å². The Morgan fingerprint density at radius 3 is 2.47 bits per heavy atom. The fourth-order valence-electron chi connectivity index (χ4n) is 4.19. The number of nitrogens with zero attached hydrogens (tertiary/aromatic N) is 3. The van der Waals surface area contributed by atoms with Crippen molar-refractivity contribution in [2.45, 2.75) is 44.4 Å². The second-order valence-electron chi connectivity index (χ2n) is 8.61. The van der Waals surface area contributed by atoms with E-state index in [1.54, 1.807) is 7.11 Å². The lowest BCUT2D eigenvalue weighted by atomic mass is 10.2. The molecule has 3 aromatic rings. The number of aromatic nitrogens is 1. The van der Waals surface area contributed by atoms with Gasteiger partial charge in [0, 0.05) is 32.3 Å². The quantitative estimate of drug-likeness (QED) is 0.441. The Kier molecular flexibility index (Phi) is 8.26. The third-order valence-corrected chi connectivity index (χ3v) is 8.69. The molecule has 11 heteroatoms. The highest BCUT2D eigenvalue weighted by Gasteiger charge is 2.32. The molecule has 36 heavy (non-hydrogen) atoms. The fraction of sp³-hybridized carbons (Fsp3) is 0.440. The number of methoxy groups -OCH3 is 1. The summed E-state index contributed by atoms with van der Waals surface area (Å²) >= 11 is 1.39. The Balaban J connectivity index is 1.63. The van der Waals surface area contributed by atoms with Gasteiger partial charge in [0.1, 0.15) is 5.75 Å². The molecule has 2 heterocycles. The summed E-state index contributed by atoms with van der Waals surface area (Å²) in [5.41, 5.74) is 1.24. The van der Waals surface area contributed by atoms with Gasteiger partial charge in [0.15, 0.2) is 4.80 Å². The van der Waals surface area contributed by atoms with Crippen LogP contribution in [0.4, 0.5) is 0 Å². The molecule has 1 aliphatic heterocycles. The normalized spacial score (nSPS) is 19.6. The van der Waals surface area contributed by atoms with Crippen molar-refractivity contribution in [1.82, 2.24) is 8.87 Å². The molecule has 0 unspecified atom stereocenters. The zero-order chi connectivity index (χ0) is 25.9. The van der Waals surface area contributed by atoms with Crippen molar-refractivity contribution < 1.29 is 27.4 Å². The average Bonchev–Trinajstić information content (AvgIpc) is 3.18. The molecule has 0 saturated carbocycles. The molecular weight excluding hydrogens is 502 g/mol. The number of hydrogen-bond donors (Lipinski definition) is 0. The second-order valence-corrected chi connectivity index (χ2v) is 11.6. The van der Waals surface area contributed by atoms with Gasteiger partial charge < -0.3 is 18.8 Å². The van der Waals surface area contributed by atoms with E-state index >= 15 is 0 Å². The number of rotatable bonds is 8. The molecule has 1 amide bonds. The van der Waals surface area contributed by atoms with Gasteiger partial charge in [-0.1, -0.05) is 11.3 Å². The standard InChI is InChI=1S/C25H31N3O6S2/c1-5-33-20-8-11-22-23(14-20)35-25(28(22)12-13-32-4)26-24(29)19-6-9-21(10-7-19)36(30,31)27-15-17(2)34-18(3)16-27/h6-11,14,17-18H,5,12-13,15-16H2,1-4H3/t17-,18+. The van der Waals surface area contributed by atoms with Crippen molar-refractivity contribution in [3.8, 4) is 5.75 Å². The minimum Gasteiger partial charge on any atom is -0.494 e. The van der Waals surface area contributed by atoms with Crippen molar-refractivity contribution >= 4 is 37.5 Å². The Morgan fingerprint density at radius 2 is 1.83 bits per heavy atom. The van der Waals surface area contributed by atoms with E-state index in [1.807, 2.05) is 43.5 Å². The van der Waals surface area contributed by atoms with Gasteiger partial charge in [-0.25, -0.2) is 8.42 Å². The molecule has 1 fully saturated rings. The maximum absolute atomic E-state index is 13.1. The number of benzene rings is 2. The summed E-state index contributed by atoms with van der Waals surface area (Å²) in [6.07, 6.45) is -0.363. The van der Waals surface area contributed by atoms with Gasteiger partial charge in [-0.2, -0.15) is 9.30 Å². The van der Waals surface area contributed by atoms with Crippen LogP contribution in [0.25, 0.3) is 10.2 Å². The number of sulfonamides is 1. The predicted molar refractivity (Wildman–Crippen MR) is 138 cm³/mol.